The fourth-order valence-corrected chi connectivity index (χ4v) is 7.48. The summed E-state index contributed by atoms with van der Waals surface area (Å²) in [6.07, 6.45) is 1.77. The van der Waals surface area contributed by atoms with Gasteiger partial charge in [-0.1, -0.05) is 39.4 Å². The normalized spacial score (nSPS) is 14.2. The van der Waals surface area contributed by atoms with E-state index < -0.39 is 12.0 Å². The van der Waals surface area contributed by atoms with Crippen LogP contribution in [0.4, 0.5) is 0 Å². The van der Waals surface area contributed by atoms with E-state index >= 15 is 0 Å². The Morgan fingerprint density at radius 1 is 1.09 bits per heavy atom. The van der Waals surface area contributed by atoms with Gasteiger partial charge in [-0.2, -0.15) is 5.26 Å². The Morgan fingerprint density at radius 2 is 1.77 bits per heavy atom. The molecule has 47 heavy (non-hydrogen) atoms. The molecule has 1 aromatic heterocycles. The number of carbonyl (C=O) groups excluding carboxylic acids is 1. The Hall–Kier alpha value is -4.13. The second kappa shape index (κ2) is 14.7. The van der Waals surface area contributed by atoms with Crippen LogP contribution in [0.3, 0.4) is 0 Å². The molecule has 0 saturated heterocycles. The summed E-state index contributed by atoms with van der Waals surface area (Å²) in [5.74, 6) is 1.42. The number of ether oxygens (including phenoxy) is 5. The lowest BCUT2D eigenvalue weighted by molar-refractivity contribution is -0.139. The first-order chi connectivity index (χ1) is 22.6. The molecule has 0 saturated carbocycles. The molecule has 1 aliphatic rings. The van der Waals surface area contributed by atoms with Crippen molar-refractivity contribution in [2.24, 2.45) is 4.99 Å². The van der Waals surface area contributed by atoms with Gasteiger partial charge in [0.05, 0.1) is 65.0 Å². The van der Waals surface area contributed by atoms with Crippen molar-refractivity contribution in [2.45, 2.75) is 26.5 Å². The van der Waals surface area contributed by atoms with E-state index in [2.05, 4.69) is 49.6 Å². The van der Waals surface area contributed by atoms with Crippen molar-refractivity contribution >= 4 is 61.9 Å². The molecule has 0 N–H and O–H groups in total. The number of hydrogen-bond acceptors (Lipinski definition) is 10. The molecular formula is C34H29BrIN3O7S. The van der Waals surface area contributed by atoms with Crippen LogP contribution in [0.1, 0.15) is 42.1 Å². The third-order valence-electron chi connectivity index (χ3n) is 7.33. The van der Waals surface area contributed by atoms with Crippen LogP contribution in [0.2, 0.25) is 0 Å². The lowest BCUT2D eigenvalue weighted by Gasteiger charge is -2.26. The summed E-state index contributed by atoms with van der Waals surface area (Å²) in [6, 6.07) is 15.6. The molecule has 242 valence electrons. The number of thiazole rings is 1. The molecule has 1 aliphatic heterocycles. The molecule has 3 aromatic carbocycles. The molecule has 0 radical (unpaired) electrons. The highest BCUT2D eigenvalue weighted by Gasteiger charge is 2.35. The zero-order chi connectivity index (χ0) is 33.8. The number of hydrogen-bond donors (Lipinski definition) is 0. The first-order valence-electron chi connectivity index (χ1n) is 14.2. The molecular weight excluding hydrogens is 801 g/mol. The standard InChI is InChI=1S/C34H29BrIN3O7S/c1-6-45-33(41)29-18(2)38-34-39(30(29)22-14-25(42-3)26(43-4)15-23(22)35)32(40)28(47-34)13-21-11-24(36)31(27(12-21)44-5)46-17-20-9-7-19(16-37)8-10-20/h7-15,30H,6,17H2,1-5H3/b28-13-/t30-/m1/s1. The van der Waals surface area contributed by atoms with E-state index in [0.29, 0.717) is 59.2 Å². The van der Waals surface area contributed by atoms with Crippen molar-refractivity contribution < 1.29 is 28.5 Å². The van der Waals surface area contributed by atoms with Crippen LogP contribution in [-0.4, -0.2) is 38.5 Å². The van der Waals surface area contributed by atoms with Crippen molar-refractivity contribution in [3.05, 3.63) is 110 Å². The predicted molar refractivity (Wildman–Crippen MR) is 189 cm³/mol. The lowest BCUT2D eigenvalue weighted by atomic mass is 9.95. The van der Waals surface area contributed by atoms with Crippen LogP contribution in [0, 0.1) is 14.9 Å². The summed E-state index contributed by atoms with van der Waals surface area (Å²) in [4.78, 5) is 32.6. The zero-order valence-corrected chi connectivity index (χ0v) is 30.6. The number of esters is 1. The van der Waals surface area contributed by atoms with Crippen molar-refractivity contribution in [1.29, 1.82) is 5.26 Å². The minimum atomic E-state index is -0.852. The van der Waals surface area contributed by atoms with Gasteiger partial charge in [0.25, 0.3) is 5.56 Å². The molecule has 0 unspecified atom stereocenters. The summed E-state index contributed by atoms with van der Waals surface area (Å²) in [5.41, 5.74) is 3.16. The highest BCUT2D eigenvalue weighted by molar-refractivity contribution is 14.1. The van der Waals surface area contributed by atoms with E-state index in [9.17, 15) is 9.59 Å². The van der Waals surface area contributed by atoms with E-state index in [-0.39, 0.29) is 24.3 Å². The van der Waals surface area contributed by atoms with Crippen molar-refractivity contribution in [2.75, 3.05) is 27.9 Å². The molecule has 5 rings (SSSR count). The van der Waals surface area contributed by atoms with Gasteiger partial charge >= 0.3 is 5.97 Å². The maximum atomic E-state index is 14.2. The van der Waals surface area contributed by atoms with Crippen molar-refractivity contribution in [3.63, 3.8) is 0 Å². The monoisotopic (exact) mass is 829 g/mol. The van der Waals surface area contributed by atoms with Gasteiger partial charge < -0.3 is 23.7 Å². The summed E-state index contributed by atoms with van der Waals surface area (Å²) < 4.78 is 31.5. The second-order valence-electron chi connectivity index (χ2n) is 10.2. The number of rotatable bonds is 10. The molecule has 0 amide bonds. The van der Waals surface area contributed by atoms with Gasteiger partial charge in [-0.15, -0.1) is 0 Å². The average molecular weight is 830 g/mol. The van der Waals surface area contributed by atoms with Gasteiger partial charge in [0, 0.05) is 4.47 Å². The smallest absolute Gasteiger partial charge is 0.338 e. The Labute approximate surface area is 296 Å². The molecule has 0 bridgehead atoms. The Bertz CT molecular complexity index is 2120. The predicted octanol–water partition coefficient (Wildman–Crippen LogP) is 5.64. The second-order valence-corrected chi connectivity index (χ2v) is 13.2. The first kappa shape index (κ1) is 34.2. The highest BCUT2D eigenvalue weighted by atomic mass is 127. The maximum Gasteiger partial charge on any atom is 0.338 e. The molecule has 0 aliphatic carbocycles. The number of fused-ring (bicyclic) bond motifs is 1. The molecule has 2 heterocycles. The number of nitriles is 1. The van der Waals surface area contributed by atoms with Gasteiger partial charge in [0.2, 0.25) is 0 Å². The number of halogens is 2. The van der Waals surface area contributed by atoms with Gasteiger partial charge in [-0.05, 0) is 95.6 Å². The minimum absolute atomic E-state index is 0.160. The zero-order valence-electron chi connectivity index (χ0n) is 26.1. The number of aromatic nitrogens is 1. The highest BCUT2D eigenvalue weighted by Crippen LogP contribution is 2.41. The molecule has 0 spiro atoms. The van der Waals surface area contributed by atoms with Gasteiger partial charge in [-0.3, -0.25) is 9.36 Å². The third kappa shape index (κ3) is 6.95. The van der Waals surface area contributed by atoms with Crippen LogP contribution < -0.4 is 33.8 Å². The Kier molecular flexibility index (Phi) is 10.7. The molecule has 13 heteroatoms. The van der Waals surface area contributed by atoms with Crippen molar-refractivity contribution in [1.82, 2.24) is 4.57 Å². The van der Waals surface area contributed by atoms with Gasteiger partial charge in [-0.25, -0.2) is 9.79 Å². The first-order valence-corrected chi connectivity index (χ1v) is 16.9. The van der Waals surface area contributed by atoms with Gasteiger partial charge in [0.1, 0.15) is 6.61 Å². The summed E-state index contributed by atoms with van der Waals surface area (Å²) in [5, 5.41) is 9.06. The fraction of sp³-hybridized carbons (Fsp3) is 0.235. The van der Waals surface area contributed by atoms with Crippen LogP contribution in [-0.2, 0) is 16.1 Å². The Balaban J connectivity index is 1.60. The minimum Gasteiger partial charge on any atom is -0.493 e. The Morgan fingerprint density at radius 3 is 2.40 bits per heavy atom. The molecule has 10 nitrogen and oxygen atoms in total. The molecule has 0 fully saturated rings. The number of allylic oxidation sites excluding steroid dienone is 1. The summed E-state index contributed by atoms with van der Waals surface area (Å²) in [7, 11) is 4.61. The lowest BCUT2D eigenvalue weighted by Crippen LogP contribution is -2.40. The van der Waals surface area contributed by atoms with E-state index in [1.807, 2.05) is 18.2 Å². The number of carbonyl (C=O) groups is 1. The summed E-state index contributed by atoms with van der Waals surface area (Å²) in [6.45, 7) is 3.90. The van der Waals surface area contributed by atoms with Crippen LogP contribution in [0.5, 0.6) is 23.0 Å². The van der Waals surface area contributed by atoms with E-state index in [1.54, 1.807) is 57.4 Å². The maximum absolute atomic E-state index is 14.2. The van der Waals surface area contributed by atoms with E-state index in [4.69, 9.17) is 28.9 Å². The number of methoxy groups -OCH3 is 3. The quantitative estimate of drug-likeness (QED) is 0.149. The summed E-state index contributed by atoms with van der Waals surface area (Å²) >= 11 is 7.01. The fourth-order valence-electron chi connectivity index (χ4n) is 5.11. The van der Waals surface area contributed by atoms with E-state index in [1.165, 1.54) is 30.1 Å². The number of benzene rings is 3. The van der Waals surface area contributed by atoms with Crippen LogP contribution in [0.25, 0.3) is 6.08 Å². The SMILES string of the molecule is CCOC(=O)C1=C(C)N=c2s/c(=C\c3cc(I)c(OCc4ccc(C#N)cc4)c(OC)c3)c(=O)n2[C@@H]1c1cc(OC)c(OC)cc1Br. The third-order valence-corrected chi connectivity index (χ3v) is 9.80. The average Bonchev–Trinajstić information content (AvgIpc) is 3.37. The van der Waals surface area contributed by atoms with E-state index in [0.717, 1.165) is 9.13 Å². The number of nitrogens with zero attached hydrogens (tertiary/aromatic N) is 3. The van der Waals surface area contributed by atoms with Crippen molar-refractivity contribution in [3.8, 4) is 29.1 Å². The van der Waals surface area contributed by atoms with Crippen LogP contribution >= 0.6 is 49.9 Å². The topological polar surface area (TPSA) is 121 Å². The van der Waals surface area contributed by atoms with Crippen LogP contribution in [0.15, 0.2) is 74.1 Å². The molecule has 4 aromatic rings. The van der Waals surface area contributed by atoms with Gasteiger partial charge in [0.15, 0.2) is 27.8 Å². The largest absolute Gasteiger partial charge is 0.493 e. The molecule has 1 atom stereocenters.